The van der Waals surface area contributed by atoms with Crippen molar-refractivity contribution in [1.29, 1.82) is 0 Å². The fourth-order valence-electron chi connectivity index (χ4n) is 1.15. The normalized spacial score (nSPS) is 13.1. The van der Waals surface area contributed by atoms with Crippen LogP contribution < -0.4 is 10.6 Å². The van der Waals surface area contributed by atoms with Crippen LogP contribution in [0.15, 0.2) is 0 Å². The van der Waals surface area contributed by atoms with Crippen LogP contribution in [0.5, 0.6) is 0 Å². The highest BCUT2D eigenvalue weighted by Crippen LogP contribution is 1.98. The zero-order valence-electron chi connectivity index (χ0n) is 10.7. The van der Waals surface area contributed by atoms with Gasteiger partial charge in [-0.3, -0.25) is 9.59 Å². The van der Waals surface area contributed by atoms with Crippen LogP contribution in [0.4, 0.5) is 0 Å². The van der Waals surface area contributed by atoms with E-state index in [2.05, 4.69) is 15.4 Å². The number of hydrogen-bond acceptors (Lipinski definition) is 4. The summed E-state index contributed by atoms with van der Waals surface area (Å²) in [5, 5.41) is 5.73. The fourth-order valence-corrected chi connectivity index (χ4v) is 1.15. The first kappa shape index (κ1) is 14.9. The van der Waals surface area contributed by atoms with Gasteiger partial charge in [-0.15, -0.1) is 0 Å². The number of ether oxygens (including phenoxy) is 1. The molecule has 1 amide bonds. The lowest BCUT2D eigenvalue weighted by Gasteiger charge is -2.20. The number of nitrogens with one attached hydrogen (secondary N) is 2. The molecule has 0 saturated heterocycles. The van der Waals surface area contributed by atoms with Gasteiger partial charge in [0, 0.05) is 12.1 Å². The van der Waals surface area contributed by atoms with Crippen LogP contribution in [0.1, 0.15) is 27.7 Å². The van der Waals surface area contributed by atoms with E-state index < -0.39 is 0 Å². The Labute approximate surface area is 96.9 Å². The van der Waals surface area contributed by atoms with E-state index in [0.29, 0.717) is 6.54 Å². The van der Waals surface area contributed by atoms with E-state index in [-0.39, 0.29) is 29.9 Å². The third kappa shape index (κ3) is 7.23. The van der Waals surface area contributed by atoms with Gasteiger partial charge in [0.25, 0.3) is 0 Å². The molecular formula is C11H22N2O3. The molecule has 0 spiro atoms. The monoisotopic (exact) mass is 230 g/mol. The van der Waals surface area contributed by atoms with Crippen LogP contribution >= 0.6 is 0 Å². The van der Waals surface area contributed by atoms with Gasteiger partial charge in [-0.05, 0) is 20.8 Å². The molecule has 2 N–H and O–H groups in total. The highest BCUT2D eigenvalue weighted by Gasteiger charge is 2.15. The number of esters is 1. The zero-order chi connectivity index (χ0) is 12.8. The van der Waals surface area contributed by atoms with E-state index >= 15 is 0 Å². The van der Waals surface area contributed by atoms with Gasteiger partial charge < -0.3 is 15.4 Å². The Morgan fingerprint density at radius 1 is 1.31 bits per heavy atom. The van der Waals surface area contributed by atoms with E-state index in [9.17, 15) is 9.59 Å². The summed E-state index contributed by atoms with van der Waals surface area (Å²) >= 11 is 0. The van der Waals surface area contributed by atoms with Crippen molar-refractivity contribution in [1.82, 2.24) is 10.6 Å². The molecule has 16 heavy (non-hydrogen) atoms. The maximum Gasteiger partial charge on any atom is 0.309 e. The molecule has 0 aliphatic rings. The largest absolute Gasteiger partial charge is 0.469 e. The van der Waals surface area contributed by atoms with Crippen LogP contribution in [-0.2, 0) is 14.3 Å². The Hall–Kier alpha value is -1.10. The quantitative estimate of drug-likeness (QED) is 0.667. The van der Waals surface area contributed by atoms with E-state index in [4.69, 9.17) is 0 Å². The third-order valence-corrected chi connectivity index (χ3v) is 1.85. The summed E-state index contributed by atoms with van der Waals surface area (Å²) in [6.45, 7) is 8.15. The second kappa shape index (κ2) is 6.48. The average molecular weight is 230 g/mol. The molecule has 0 rings (SSSR count). The molecule has 0 heterocycles. The second-order valence-corrected chi connectivity index (χ2v) is 4.85. The smallest absolute Gasteiger partial charge is 0.309 e. The Balaban J connectivity index is 3.74. The first-order valence-corrected chi connectivity index (χ1v) is 5.36. The van der Waals surface area contributed by atoms with Crippen molar-refractivity contribution >= 4 is 11.9 Å². The summed E-state index contributed by atoms with van der Waals surface area (Å²) in [5.74, 6) is -0.597. The first-order chi connectivity index (χ1) is 7.26. The summed E-state index contributed by atoms with van der Waals surface area (Å²) in [4.78, 5) is 22.4. The lowest BCUT2D eigenvalue weighted by molar-refractivity contribution is -0.144. The molecule has 0 bridgehead atoms. The van der Waals surface area contributed by atoms with Crippen LogP contribution in [0.2, 0.25) is 0 Å². The molecule has 94 valence electrons. The van der Waals surface area contributed by atoms with Gasteiger partial charge in [0.1, 0.15) is 0 Å². The Morgan fingerprint density at radius 3 is 2.31 bits per heavy atom. The Kier molecular flexibility index (Phi) is 6.03. The van der Waals surface area contributed by atoms with Crippen molar-refractivity contribution in [2.24, 2.45) is 5.92 Å². The number of carbonyl (C=O) groups excluding carboxylic acids is 2. The standard InChI is InChI=1S/C11H22N2O3/c1-8(10(15)16-5)6-12-7-9(14)13-11(2,3)4/h8,12H,6-7H2,1-5H3,(H,13,14). The van der Waals surface area contributed by atoms with Gasteiger partial charge in [0.2, 0.25) is 5.91 Å². The SMILES string of the molecule is COC(=O)C(C)CNCC(=O)NC(C)(C)C. The molecule has 0 aromatic rings. The minimum Gasteiger partial charge on any atom is -0.469 e. The number of amides is 1. The summed E-state index contributed by atoms with van der Waals surface area (Å²) in [5.41, 5.74) is -0.229. The molecule has 1 atom stereocenters. The highest BCUT2D eigenvalue weighted by molar-refractivity contribution is 5.78. The molecule has 0 aromatic heterocycles. The average Bonchev–Trinajstić information content (AvgIpc) is 2.13. The van der Waals surface area contributed by atoms with Crippen molar-refractivity contribution in [2.75, 3.05) is 20.2 Å². The molecule has 5 nitrogen and oxygen atoms in total. The maximum absolute atomic E-state index is 11.4. The summed E-state index contributed by atoms with van der Waals surface area (Å²) in [6.07, 6.45) is 0. The molecule has 0 radical (unpaired) electrons. The van der Waals surface area contributed by atoms with Crippen molar-refractivity contribution in [3.63, 3.8) is 0 Å². The van der Waals surface area contributed by atoms with Crippen LogP contribution in [-0.4, -0.2) is 37.6 Å². The zero-order valence-corrected chi connectivity index (χ0v) is 10.7. The van der Waals surface area contributed by atoms with Crippen LogP contribution in [0.3, 0.4) is 0 Å². The number of carbonyl (C=O) groups is 2. The van der Waals surface area contributed by atoms with Crippen LogP contribution in [0.25, 0.3) is 0 Å². The minimum atomic E-state index is -0.274. The number of methoxy groups -OCH3 is 1. The second-order valence-electron chi connectivity index (χ2n) is 4.85. The fraction of sp³-hybridized carbons (Fsp3) is 0.818. The van der Waals surface area contributed by atoms with Gasteiger partial charge in [0.05, 0.1) is 19.6 Å². The third-order valence-electron chi connectivity index (χ3n) is 1.85. The topological polar surface area (TPSA) is 67.4 Å². The first-order valence-electron chi connectivity index (χ1n) is 5.36. The van der Waals surface area contributed by atoms with Gasteiger partial charge in [0.15, 0.2) is 0 Å². The molecule has 0 aliphatic carbocycles. The minimum absolute atomic E-state index is 0.0791. The van der Waals surface area contributed by atoms with Crippen molar-refractivity contribution in [3.8, 4) is 0 Å². The van der Waals surface area contributed by atoms with Crippen LogP contribution in [0, 0.1) is 5.92 Å². The summed E-state index contributed by atoms with van der Waals surface area (Å²) < 4.78 is 4.57. The van der Waals surface area contributed by atoms with E-state index in [1.54, 1.807) is 6.92 Å². The van der Waals surface area contributed by atoms with Gasteiger partial charge in [-0.2, -0.15) is 0 Å². The molecule has 0 saturated carbocycles. The molecule has 1 unspecified atom stereocenters. The van der Waals surface area contributed by atoms with Crippen molar-refractivity contribution < 1.29 is 14.3 Å². The van der Waals surface area contributed by atoms with E-state index in [0.717, 1.165) is 0 Å². The Morgan fingerprint density at radius 2 is 1.88 bits per heavy atom. The maximum atomic E-state index is 11.4. The lowest BCUT2D eigenvalue weighted by Crippen LogP contribution is -2.45. The molecule has 0 fully saturated rings. The lowest BCUT2D eigenvalue weighted by atomic mass is 10.1. The van der Waals surface area contributed by atoms with Gasteiger partial charge >= 0.3 is 5.97 Å². The summed E-state index contributed by atoms with van der Waals surface area (Å²) in [7, 11) is 1.35. The molecule has 0 aromatic carbocycles. The molecule has 0 aliphatic heterocycles. The summed E-state index contributed by atoms with van der Waals surface area (Å²) in [6, 6.07) is 0. The van der Waals surface area contributed by atoms with E-state index in [1.165, 1.54) is 7.11 Å². The number of rotatable bonds is 5. The van der Waals surface area contributed by atoms with Gasteiger partial charge in [-0.25, -0.2) is 0 Å². The highest BCUT2D eigenvalue weighted by atomic mass is 16.5. The Bertz CT molecular complexity index is 246. The van der Waals surface area contributed by atoms with E-state index in [1.807, 2.05) is 20.8 Å². The number of hydrogen-bond donors (Lipinski definition) is 2. The molecule has 5 heteroatoms. The predicted molar refractivity (Wildman–Crippen MR) is 61.9 cm³/mol. The predicted octanol–water partition coefficient (Wildman–Crippen LogP) is 0.300. The molecular weight excluding hydrogens is 208 g/mol. The van der Waals surface area contributed by atoms with Crippen molar-refractivity contribution in [2.45, 2.75) is 33.2 Å². The van der Waals surface area contributed by atoms with Gasteiger partial charge in [-0.1, -0.05) is 6.92 Å². The van der Waals surface area contributed by atoms with Crippen molar-refractivity contribution in [3.05, 3.63) is 0 Å².